The Morgan fingerprint density at radius 1 is 1.14 bits per heavy atom. The van der Waals surface area contributed by atoms with E-state index in [2.05, 4.69) is 10.4 Å². The van der Waals surface area contributed by atoms with Crippen LogP contribution < -0.4 is 5.32 Å². The number of nitrogens with zero attached hydrogens (tertiary/aromatic N) is 2. The summed E-state index contributed by atoms with van der Waals surface area (Å²) >= 11 is 0. The molecule has 8 heteroatoms. The van der Waals surface area contributed by atoms with Crippen LogP contribution in [0.3, 0.4) is 0 Å². The zero-order valence-electron chi connectivity index (χ0n) is 15.7. The predicted octanol–water partition coefficient (Wildman–Crippen LogP) is 4.27. The fourth-order valence-corrected chi connectivity index (χ4v) is 3.02. The Labute approximate surface area is 165 Å². The highest BCUT2D eigenvalue weighted by Crippen LogP contribution is 2.34. The molecule has 152 valence electrons. The highest BCUT2D eigenvalue weighted by atomic mass is 19.4. The van der Waals surface area contributed by atoms with E-state index in [4.69, 9.17) is 0 Å². The maximum Gasteiger partial charge on any atom is 0.434 e. The van der Waals surface area contributed by atoms with Crippen LogP contribution in [0.25, 0.3) is 5.69 Å². The van der Waals surface area contributed by atoms with Gasteiger partial charge in [0.1, 0.15) is 5.75 Å². The van der Waals surface area contributed by atoms with Crippen molar-refractivity contribution >= 4 is 5.91 Å². The normalized spacial score (nSPS) is 11.4. The average molecular weight is 403 g/mol. The van der Waals surface area contributed by atoms with Crippen molar-refractivity contribution in [2.75, 3.05) is 6.54 Å². The van der Waals surface area contributed by atoms with Gasteiger partial charge >= 0.3 is 6.18 Å². The molecule has 3 aromatic rings. The SMILES string of the molecule is Cc1ccccc1-n1ncc(C(=O)NCCCc2ccc(O)cc2)c1C(F)(F)F. The van der Waals surface area contributed by atoms with Crippen LogP contribution in [0.1, 0.15) is 33.6 Å². The molecule has 1 aromatic heterocycles. The number of para-hydroxylation sites is 1. The summed E-state index contributed by atoms with van der Waals surface area (Å²) in [5.74, 6) is -0.657. The second kappa shape index (κ2) is 8.38. The van der Waals surface area contributed by atoms with Gasteiger partial charge in [-0.2, -0.15) is 18.3 Å². The van der Waals surface area contributed by atoms with E-state index < -0.39 is 23.3 Å². The van der Waals surface area contributed by atoms with Crippen molar-refractivity contribution in [2.24, 2.45) is 0 Å². The molecule has 1 amide bonds. The lowest BCUT2D eigenvalue weighted by Gasteiger charge is -2.14. The topological polar surface area (TPSA) is 67.2 Å². The van der Waals surface area contributed by atoms with E-state index in [1.165, 1.54) is 6.07 Å². The van der Waals surface area contributed by atoms with Crippen LogP contribution in [0.2, 0.25) is 0 Å². The van der Waals surface area contributed by atoms with Gasteiger partial charge in [0.05, 0.1) is 17.4 Å². The number of carbonyl (C=O) groups excluding carboxylic acids is 1. The van der Waals surface area contributed by atoms with Crippen molar-refractivity contribution in [3.63, 3.8) is 0 Å². The van der Waals surface area contributed by atoms with Gasteiger partial charge < -0.3 is 10.4 Å². The minimum atomic E-state index is -4.74. The number of halogens is 3. The van der Waals surface area contributed by atoms with Crippen LogP contribution in [0.4, 0.5) is 13.2 Å². The van der Waals surface area contributed by atoms with Gasteiger partial charge in [0.2, 0.25) is 0 Å². The molecule has 1 heterocycles. The van der Waals surface area contributed by atoms with Gasteiger partial charge in [-0.15, -0.1) is 0 Å². The minimum absolute atomic E-state index is 0.160. The third-order valence-electron chi connectivity index (χ3n) is 4.49. The zero-order chi connectivity index (χ0) is 21.0. The number of aromatic hydroxyl groups is 1. The summed E-state index contributed by atoms with van der Waals surface area (Å²) < 4.78 is 41.9. The Morgan fingerprint density at radius 2 is 1.83 bits per heavy atom. The van der Waals surface area contributed by atoms with Gasteiger partial charge in [0.15, 0.2) is 5.69 Å². The first-order valence-corrected chi connectivity index (χ1v) is 9.04. The number of nitrogens with one attached hydrogen (secondary N) is 1. The molecule has 0 saturated heterocycles. The van der Waals surface area contributed by atoms with E-state index in [1.54, 1.807) is 49.4 Å². The number of aryl methyl sites for hydroxylation is 2. The van der Waals surface area contributed by atoms with Crippen molar-refractivity contribution < 1.29 is 23.1 Å². The Balaban J connectivity index is 1.73. The molecule has 2 N–H and O–H groups in total. The van der Waals surface area contributed by atoms with Gasteiger partial charge in [-0.25, -0.2) is 4.68 Å². The number of rotatable bonds is 6. The Hall–Kier alpha value is -3.29. The molecular formula is C21H20F3N3O2. The number of hydrogen-bond acceptors (Lipinski definition) is 3. The van der Waals surface area contributed by atoms with Gasteiger partial charge in [-0.3, -0.25) is 4.79 Å². The van der Waals surface area contributed by atoms with Gasteiger partial charge in [0.25, 0.3) is 5.91 Å². The predicted molar refractivity (Wildman–Crippen MR) is 102 cm³/mol. The number of phenolic OH excluding ortho intramolecular Hbond substituents is 1. The van der Waals surface area contributed by atoms with Gasteiger partial charge in [-0.05, 0) is 49.1 Å². The number of benzene rings is 2. The summed E-state index contributed by atoms with van der Waals surface area (Å²) in [6, 6.07) is 13.2. The maximum absolute atomic E-state index is 13.7. The molecule has 2 aromatic carbocycles. The largest absolute Gasteiger partial charge is 0.508 e. The van der Waals surface area contributed by atoms with E-state index in [9.17, 15) is 23.1 Å². The first-order valence-electron chi connectivity index (χ1n) is 9.04. The summed E-state index contributed by atoms with van der Waals surface area (Å²) in [5.41, 5.74) is 0.238. The van der Waals surface area contributed by atoms with Crippen molar-refractivity contribution in [2.45, 2.75) is 25.9 Å². The van der Waals surface area contributed by atoms with Crippen LogP contribution in [-0.4, -0.2) is 27.3 Å². The molecule has 5 nitrogen and oxygen atoms in total. The van der Waals surface area contributed by atoms with Gasteiger partial charge in [-0.1, -0.05) is 30.3 Å². The van der Waals surface area contributed by atoms with Crippen LogP contribution in [0.15, 0.2) is 54.7 Å². The minimum Gasteiger partial charge on any atom is -0.508 e. The summed E-state index contributed by atoms with van der Waals surface area (Å²) in [4.78, 5) is 12.4. The van der Waals surface area contributed by atoms with Crippen molar-refractivity contribution in [1.29, 1.82) is 0 Å². The molecule has 0 atom stereocenters. The lowest BCUT2D eigenvalue weighted by atomic mass is 10.1. The Morgan fingerprint density at radius 3 is 2.48 bits per heavy atom. The number of alkyl halides is 3. The number of carbonyl (C=O) groups is 1. The van der Waals surface area contributed by atoms with Crippen molar-refractivity contribution in [3.05, 3.63) is 77.1 Å². The second-order valence-corrected chi connectivity index (χ2v) is 6.63. The first kappa shape index (κ1) is 20.4. The molecule has 0 radical (unpaired) electrons. The molecule has 0 saturated carbocycles. The van der Waals surface area contributed by atoms with E-state index in [1.807, 2.05) is 0 Å². The molecular weight excluding hydrogens is 383 g/mol. The molecule has 0 aliphatic rings. The van der Waals surface area contributed by atoms with Crippen molar-refractivity contribution in [1.82, 2.24) is 15.1 Å². The maximum atomic E-state index is 13.7. The summed E-state index contributed by atoms with van der Waals surface area (Å²) in [5, 5.41) is 15.6. The highest BCUT2D eigenvalue weighted by molar-refractivity contribution is 5.95. The molecule has 0 aliphatic carbocycles. The Bertz CT molecular complexity index is 995. The first-order chi connectivity index (χ1) is 13.8. The third-order valence-corrected chi connectivity index (χ3v) is 4.49. The molecule has 0 unspecified atom stereocenters. The lowest BCUT2D eigenvalue weighted by molar-refractivity contribution is -0.143. The smallest absolute Gasteiger partial charge is 0.434 e. The zero-order valence-corrected chi connectivity index (χ0v) is 15.7. The quantitative estimate of drug-likeness (QED) is 0.604. The van der Waals surface area contributed by atoms with Crippen LogP contribution in [-0.2, 0) is 12.6 Å². The molecule has 0 bridgehead atoms. The number of phenols is 1. The standard InChI is InChI=1S/C21H20F3N3O2/c1-14-5-2-3-7-18(14)27-19(21(22,23)24)17(13-26-27)20(29)25-12-4-6-15-8-10-16(28)11-9-15/h2-3,5,7-11,13,28H,4,6,12H2,1H3,(H,25,29). The molecule has 0 aliphatic heterocycles. The summed E-state index contributed by atoms with van der Waals surface area (Å²) in [6.45, 7) is 1.90. The van der Waals surface area contributed by atoms with Crippen molar-refractivity contribution in [3.8, 4) is 11.4 Å². The highest BCUT2D eigenvalue weighted by Gasteiger charge is 2.40. The lowest BCUT2D eigenvalue weighted by Crippen LogP contribution is -2.27. The van der Waals surface area contributed by atoms with E-state index in [0.29, 0.717) is 18.4 Å². The van der Waals surface area contributed by atoms with E-state index in [-0.39, 0.29) is 18.0 Å². The van der Waals surface area contributed by atoms with Crippen LogP contribution in [0, 0.1) is 6.92 Å². The summed E-state index contributed by atoms with van der Waals surface area (Å²) in [6.07, 6.45) is -2.62. The Kier molecular flexibility index (Phi) is 5.91. The number of aromatic nitrogens is 2. The fraction of sp³-hybridized carbons (Fsp3) is 0.238. The fourth-order valence-electron chi connectivity index (χ4n) is 3.02. The van der Waals surface area contributed by atoms with E-state index in [0.717, 1.165) is 16.4 Å². The number of hydrogen-bond donors (Lipinski definition) is 2. The average Bonchev–Trinajstić information content (AvgIpc) is 3.12. The molecule has 0 spiro atoms. The number of amides is 1. The summed E-state index contributed by atoms with van der Waals surface area (Å²) in [7, 11) is 0. The van der Waals surface area contributed by atoms with Crippen LogP contribution >= 0.6 is 0 Å². The second-order valence-electron chi connectivity index (χ2n) is 6.63. The molecule has 3 rings (SSSR count). The van der Waals surface area contributed by atoms with Crippen LogP contribution in [0.5, 0.6) is 5.75 Å². The van der Waals surface area contributed by atoms with E-state index >= 15 is 0 Å². The monoisotopic (exact) mass is 403 g/mol. The third kappa shape index (κ3) is 4.77. The van der Waals surface area contributed by atoms with Gasteiger partial charge in [0, 0.05) is 6.54 Å². The molecule has 29 heavy (non-hydrogen) atoms. The molecule has 0 fully saturated rings.